The van der Waals surface area contributed by atoms with E-state index in [1.54, 1.807) is 12.4 Å². The number of aromatic nitrogens is 2. The van der Waals surface area contributed by atoms with Crippen LogP contribution in [0.3, 0.4) is 0 Å². The second-order valence-corrected chi connectivity index (χ2v) is 4.62. The summed E-state index contributed by atoms with van der Waals surface area (Å²) in [6, 6.07) is 8.41. The molecule has 0 spiro atoms. The summed E-state index contributed by atoms with van der Waals surface area (Å²) in [5.41, 5.74) is 8.48. The van der Waals surface area contributed by atoms with Gasteiger partial charge >= 0.3 is 0 Å². The maximum absolute atomic E-state index is 10.8. The summed E-state index contributed by atoms with van der Waals surface area (Å²) in [5.74, 6) is -0.401. The lowest BCUT2D eigenvalue weighted by atomic mass is 10.0. The van der Waals surface area contributed by atoms with E-state index in [2.05, 4.69) is 36.4 Å². The molecule has 1 amide bonds. The van der Waals surface area contributed by atoms with Gasteiger partial charge in [-0.2, -0.15) is 5.10 Å². The summed E-state index contributed by atoms with van der Waals surface area (Å²) in [6.07, 6.45) is 3.47. The molecule has 19 heavy (non-hydrogen) atoms. The van der Waals surface area contributed by atoms with E-state index in [1.807, 2.05) is 12.1 Å². The third kappa shape index (κ3) is 3.34. The van der Waals surface area contributed by atoms with Crippen LogP contribution < -0.4 is 11.1 Å². The topological polar surface area (TPSA) is 72.9 Å². The molecule has 100 valence electrons. The third-order valence-electron chi connectivity index (χ3n) is 2.99. The number of hydrogen-bond donors (Lipinski definition) is 2. The average molecular weight is 258 g/mol. The van der Waals surface area contributed by atoms with E-state index in [4.69, 9.17) is 5.73 Å². The Morgan fingerprint density at radius 3 is 2.89 bits per heavy atom. The Balaban J connectivity index is 2.07. The number of aryl methyl sites for hydroxylation is 1. The predicted molar refractivity (Wildman–Crippen MR) is 74.6 cm³/mol. The van der Waals surface area contributed by atoms with Gasteiger partial charge in [0.15, 0.2) is 0 Å². The Kier molecular flexibility index (Phi) is 3.85. The Morgan fingerprint density at radius 2 is 2.21 bits per heavy atom. The van der Waals surface area contributed by atoms with Gasteiger partial charge in [-0.05, 0) is 25.0 Å². The number of benzene rings is 1. The molecule has 0 aliphatic rings. The van der Waals surface area contributed by atoms with E-state index in [9.17, 15) is 4.79 Å². The monoisotopic (exact) mass is 258 g/mol. The molecule has 1 unspecified atom stereocenters. The van der Waals surface area contributed by atoms with Crippen molar-refractivity contribution in [3.05, 3.63) is 47.8 Å². The fourth-order valence-corrected chi connectivity index (χ4v) is 2.08. The second kappa shape index (κ2) is 5.56. The van der Waals surface area contributed by atoms with Crippen molar-refractivity contribution in [2.45, 2.75) is 26.4 Å². The maximum atomic E-state index is 10.8. The minimum atomic E-state index is -0.401. The Hall–Kier alpha value is -2.30. The number of nitrogens with one attached hydrogen (secondary N) is 1. The van der Waals surface area contributed by atoms with E-state index >= 15 is 0 Å². The van der Waals surface area contributed by atoms with Gasteiger partial charge in [0.1, 0.15) is 6.54 Å². The Morgan fingerprint density at radius 1 is 1.47 bits per heavy atom. The zero-order chi connectivity index (χ0) is 13.8. The smallest absolute Gasteiger partial charge is 0.239 e. The predicted octanol–water partition coefficient (Wildman–Crippen LogP) is 1.85. The third-order valence-corrected chi connectivity index (χ3v) is 2.99. The molecule has 0 radical (unpaired) electrons. The highest BCUT2D eigenvalue weighted by atomic mass is 16.1. The highest BCUT2D eigenvalue weighted by Crippen LogP contribution is 2.21. The van der Waals surface area contributed by atoms with Crippen LogP contribution in [0.5, 0.6) is 0 Å². The van der Waals surface area contributed by atoms with Crippen molar-refractivity contribution < 1.29 is 4.79 Å². The van der Waals surface area contributed by atoms with Crippen LogP contribution in [0.2, 0.25) is 0 Å². The molecule has 5 nitrogen and oxygen atoms in total. The van der Waals surface area contributed by atoms with Crippen LogP contribution in [0.15, 0.2) is 36.7 Å². The molecule has 1 aromatic carbocycles. The standard InChI is InChI=1S/C14H18N4O/c1-10-5-3-4-6-13(10)11(2)17-12-7-16-18(8-12)9-14(15)19/h3-8,11,17H,9H2,1-2H3,(H2,15,19). The molecule has 0 aliphatic heterocycles. The van der Waals surface area contributed by atoms with Gasteiger partial charge in [0.05, 0.1) is 11.9 Å². The van der Waals surface area contributed by atoms with Crippen molar-refractivity contribution in [1.82, 2.24) is 9.78 Å². The zero-order valence-electron chi connectivity index (χ0n) is 11.1. The summed E-state index contributed by atoms with van der Waals surface area (Å²) >= 11 is 0. The van der Waals surface area contributed by atoms with Crippen molar-refractivity contribution >= 4 is 11.6 Å². The summed E-state index contributed by atoms with van der Waals surface area (Å²) in [6.45, 7) is 4.28. The summed E-state index contributed by atoms with van der Waals surface area (Å²) < 4.78 is 1.52. The number of carbonyl (C=O) groups is 1. The number of amides is 1. The summed E-state index contributed by atoms with van der Waals surface area (Å²) in [4.78, 5) is 10.8. The minimum absolute atomic E-state index is 0.0976. The first-order valence-electron chi connectivity index (χ1n) is 6.19. The van der Waals surface area contributed by atoms with Gasteiger partial charge in [-0.25, -0.2) is 0 Å². The molecule has 0 saturated heterocycles. The van der Waals surface area contributed by atoms with Crippen LogP contribution in [-0.4, -0.2) is 15.7 Å². The quantitative estimate of drug-likeness (QED) is 0.859. The molecule has 3 N–H and O–H groups in total. The van der Waals surface area contributed by atoms with Crippen LogP contribution in [0, 0.1) is 6.92 Å². The van der Waals surface area contributed by atoms with Gasteiger partial charge in [0.2, 0.25) is 5.91 Å². The highest BCUT2D eigenvalue weighted by molar-refractivity contribution is 5.73. The van der Waals surface area contributed by atoms with Gasteiger partial charge < -0.3 is 11.1 Å². The first-order chi connectivity index (χ1) is 9.06. The number of hydrogen-bond acceptors (Lipinski definition) is 3. The molecule has 2 rings (SSSR count). The number of nitrogens with zero attached hydrogens (tertiary/aromatic N) is 2. The molecule has 5 heteroatoms. The van der Waals surface area contributed by atoms with Crippen molar-refractivity contribution in [2.24, 2.45) is 5.73 Å². The van der Waals surface area contributed by atoms with Gasteiger partial charge in [-0.15, -0.1) is 0 Å². The fraction of sp³-hybridized carbons (Fsp3) is 0.286. The van der Waals surface area contributed by atoms with Gasteiger partial charge in [-0.3, -0.25) is 9.48 Å². The van der Waals surface area contributed by atoms with Gasteiger partial charge in [-0.1, -0.05) is 24.3 Å². The molecule has 0 fully saturated rings. The molecule has 0 saturated carbocycles. The van der Waals surface area contributed by atoms with Gasteiger partial charge in [0, 0.05) is 12.2 Å². The van der Waals surface area contributed by atoms with Crippen LogP contribution in [-0.2, 0) is 11.3 Å². The lowest BCUT2D eigenvalue weighted by molar-refractivity contribution is -0.118. The van der Waals surface area contributed by atoms with Gasteiger partial charge in [0.25, 0.3) is 0 Å². The van der Waals surface area contributed by atoms with E-state index in [-0.39, 0.29) is 12.6 Å². The Labute approximate surface area is 112 Å². The average Bonchev–Trinajstić information content (AvgIpc) is 2.76. The van der Waals surface area contributed by atoms with Crippen LogP contribution in [0.1, 0.15) is 24.1 Å². The molecular weight excluding hydrogens is 240 g/mol. The molecular formula is C14H18N4O. The molecule has 1 heterocycles. The number of anilines is 1. The summed E-state index contributed by atoms with van der Waals surface area (Å²) in [5, 5.41) is 7.44. The minimum Gasteiger partial charge on any atom is -0.376 e. The zero-order valence-corrected chi connectivity index (χ0v) is 11.1. The molecule has 1 atom stereocenters. The van der Waals surface area contributed by atoms with Crippen LogP contribution in [0.4, 0.5) is 5.69 Å². The lowest BCUT2D eigenvalue weighted by Gasteiger charge is -2.16. The Bertz CT molecular complexity index is 576. The van der Waals surface area contributed by atoms with Crippen molar-refractivity contribution in [1.29, 1.82) is 0 Å². The fourth-order valence-electron chi connectivity index (χ4n) is 2.08. The molecule has 0 bridgehead atoms. The number of rotatable bonds is 5. The summed E-state index contributed by atoms with van der Waals surface area (Å²) in [7, 11) is 0. The van der Waals surface area contributed by atoms with E-state index < -0.39 is 5.91 Å². The second-order valence-electron chi connectivity index (χ2n) is 4.62. The normalized spacial score (nSPS) is 12.1. The van der Waals surface area contributed by atoms with E-state index in [1.165, 1.54) is 15.8 Å². The van der Waals surface area contributed by atoms with E-state index in [0.717, 1.165) is 5.69 Å². The SMILES string of the molecule is Cc1ccccc1C(C)Nc1cnn(CC(N)=O)c1. The number of primary amides is 1. The van der Waals surface area contributed by atoms with Crippen molar-refractivity contribution in [3.63, 3.8) is 0 Å². The number of carbonyl (C=O) groups excluding carboxylic acids is 1. The van der Waals surface area contributed by atoms with Crippen LogP contribution in [0.25, 0.3) is 0 Å². The molecule has 1 aromatic heterocycles. The van der Waals surface area contributed by atoms with Crippen molar-refractivity contribution in [3.8, 4) is 0 Å². The van der Waals surface area contributed by atoms with E-state index in [0.29, 0.717) is 0 Å². The number of nitrogens with two attached hydrogens (primary N) is 1. The largest absolute Gasteiger partial charge is 0.376 e. The molecule has 0 aliphatic carbocycles. The maximum Gasteiger partial charge on any atom is 0.239 e. The first-order valence-corrected chi connectivity index (χ1v) is 6.19. The first kappa shape index (κ1) is 13.1. The molecule has 2 aromatic rings. The van der Waals surface area contributed by atoms with Crippen LogP contribution >= 0.6 is 0 Å². The lowest BCUT2D eigenvalue weighted by Crippen LogP contribution is -2.18. The highest BCUT2D eigenvalue weighted by Gasteiger charge is 2.09. The van der Waals surface area contributed by atoms with Crippen molar-refractivity contribution in [2.75, 3.05) is 5.32 Å².